The van der Waals surface area contributed by atoms with Crippen molar-refractivity contribution >= 4 is 26.7 Å². The van der Waals surface area contributed by atoms with Gasteiger partial charge in [0, 0.05) is 27.6 Å². The van der Waals surface area contributed by atoms with Crippen molar-refractivity contribution in [2.24, 2.45) is 0 Å². The molecule has 74 valence electrons. The zero-order chi connectivity index (χ0) is 10.8. The van der Waals surface area contributed by atoms with E-state index in [0.717, 1.165) is 15.2 Å². The van der Waals surface area contributed by atoms with Crippen LogP contribution in [0.1, 0.15) is 5.56 Å². The number of nitriles is 1. The number of ether oxygens (including phenoxy) is 1. The maximum absolute atomic E-state index is 8.94. The Balaban J connectivity index is 2.90. The highest BCUT2D eigenvalue weighted by atomic mass is 79.9. The number of methoxy groups -OCH3 is 1. The van der Waals surface area contributed by atoms with Crippen LogP contribution >= 0.6 is 15.9 Å². The van der Waals surface area contributed by atoms with Gasteiger partial charge < -0.3 is 4.74 Å². The summed E-state index contributed by atoms with van der Waals surface area (Å²) in [6, 6.07) is 5.85. The lowest BCUT2D eigenvalue weighted by molar-refractivity contribution is 0.419. The second-order valence-corrected chi connectivity index (χ2v) is 3.92. The van der Waals surface area contributed by atoms with Crippen molar-refractivity contribution < 1.29 is 4.74 Å². The smallest absolute Gasteiger partial charge is 0.129 e. The Morgan fingerprint density at radius 3 is 2.80 bits per heavy atom. The predicted octanol–water partition coefficient (Wildman–Crippen LogP) is 2.88. The van der Waals surface area contributed by atoms with Crippen molar-refractivity contribution in [3.05, 3.63) is 34.6 Å². The molecule has 3 nitrogen and oxygen atoms in total. The van der Waals surface area contributed by atoms with Gasteiger partial charge in [-0.3, -0.25) is 4.98 Å². The first-order valence-electron chi connectivity index (χ1n) is 4.27. The van der Waals surface area contributed by atoms with Gasteiger partial charge >= 0.3 is 0 Å². The van der Waals surface area contributed by atoms with Gasteiger partial charge in [0.25, 0.3) is 0 Å². The molecule has 0 aliphatic heterocycles. The summed E-state index contributed by atoms with van der Waals surface area (Å²) in [5.41, 5.74) is 0.548. The van der Waals surface area contributed by atoms with E-state index in [2.05, 4.69) is 27.0 Å². The lowest BCUT2D eigenvalue weighted by Gasteiger charge is -2.06. The SMILES string of the molecule is COc1cc(Br)cc2c(C#N)cncc12. The van der Waals surface area contributed by atoms with Crippen molar-refractivity contribution in [3.8, 4) is 11.8 Å². The van der Waals surface area contributed by atoms with Gasteiger partial charge in [-0.15, -0.1) is 0 Å². The van der Waals surface area contributed by atoms with E-state index < -0.39 is 0 Å². The van der Waals surface area contributed by atoms with E-state index in [9.17, 15) is 0 Å². The maximum atomic E-state index is 8.94. The van der Waals surface area contributed by atoms with E-state index in [1.165, 1.54) is 0 Å². The quantitative estimate of drug-likeness (QED) is 0.794. The summed E-state index contributed by atoms with van der Waals surface area (Å²) in [4.78, 5) is 4.00. The summed E-state index contributed by atoms with van der Waals surface area (Å²) in [5, 5.41) is 10.6. The number of hydrogen-bond donors (Lipinski definition) is 0. The van der Waals surface area contributed by atoms with Crippen LogP contribution in [0.5, 0.6) is 5.75 Å². The number of rotatable bonds is 1. The molecule has 0 radical (unpaired) electrons. The van der Waals surface area contributed by atoms with Gasteiger partial charge in [0.15, 0.2) is 0 Å². The van der Waals surface area contributed by atoms with Crippen LogP contribution in [0.2, 0.25) is 0 Å². The van der Waals surface area contributed by atoms with Crippen molar-refractivity contribution in [1.29, 1.82) is 5.26 Å². The third-order valence-corrected chi connectivity index (χ3v) is 2.60. The monoisotopic (exact) mass is 262 g/mol. The van der Waals surface area contributed by atoms with E-state index in [1.807, 2.05) is 12.1 Å². The largest absolute Gasteiger partial charge is 0.496 e. The van der Waals surface area contributed by atoms with Crippen molar-refractivity contribution in [3.63, 3.8) is 0 Å². The van der Waals surface area contributed by atoms with Crippen molar-refractivity contribution in [1.82, 2.24) is 4.98 Å². The summed E-state index contributed by atoms with van der Waals surface area (Å²) < 4.78 is 6.11. The fourth-order valence-electron chi connectivity index (χ4n) is 1.46. The lowest BCUT2D eigenvalue weighted by Crippen LogP contribution is -1.88. The first-order valence-corrected chi connectivity index (χ1v) is 5.07. The maximum Gasteiger partial charge on any atom is 0.129 e. The fourth-order valence-corrected chi connectivity index (χ4v) is 1.90. The topological polar surface area (TPSA) is 45.9 Å². The van der Waals surface area contributed by atoms with Gasteiger partial charge in [-0.05, 0) is 12.1 Å². The molecule has 0 saturated heterocycles. The molecule has 0 atom stereocenters. The van der Waals surface area contributed by atoms with Crippen LogP contribution in [0, 0.1) is 11.3 Å². The Bertz CT molecular complexity index is 560. The van der Waals surface area contributed by atoms with Gasteiger partial charge in [-0.1, -0.05) is 15.9 Å². The highest BCUT2D eigenvalue weighted by Crippen LogP contribution is 2.30. The van der Waals surface area contributed by atoms with Crippen molar-refractivity contribution in [2.45, 2.75) is 0 Å². The third-order valence-electron chi connectivity index (χ3n) is 2.14. The average Bonchev–Trinajstić information content (AvgIpc) is 2.27. The molecular weight excluding hydrogens is 256 g/mol. The van der Waals surface area contributed by atoms with Gasteiger partial charge in [0.2, 0.25) is 0 Å². The Hall–Kier alpha value is -1.60. The van der Waals surface area contributed by atoms with Crippen LogP contribution in [0.4, 0.5) is 0 Å². The van der Waals surface area contributed by atoms with Crippen LogP contribution < -0.4 is 4.74 Å². The molecule has 2 rings (SSSR count). The van der Waals surface area contributed by atoms with Crippen molar-refractivity contribution in [2.75, 3.05) is 7.11 Å². The molecule has 0 N–H and O–H groups in total. The average molecular weight is 263 g/mol. The summed E-state index contributed by atoms with van der Waals surface area (Å²) in [5.74, 6) is 0.712. The lowest BCUT2D eigenvalue weighted by atomic mass is 10.1. The van der Waals surface area contributed by atoms with Crippen LogP contribution in [0.15, 0.2) is 29.0 Å². The summed E-state index contributed by atoms with van der Waals surface area (Å²) in [6.07, 6.45) is 3.25. The van der Waals surface area contributed by atoms with E-state index in [-0.39, 0.29) is 0 Å². The Morgan fingerprint density at radius 1 is 1.33 bits per heavy atom. The number of halogens is 1. The molecule has 0 fully saturated rings. The van der Waals surface area contributed by atoms with E-state index in [0.29, 0.717) is 11.3 Å². The summed E-state index contributed by atoms with van der Waals surface area (Å²) in [7, 11) is 1.60. The molecule has 1 aromatic heterocycles. The first-order chi connectivity index (χ1) is 7.26. The van der Waals surface area contributed by atoms with Gasteiger partial charge in [0.05, 0.1) is 12.7 Å². The zero-order valence-electron chi connectivity index (χ0n) is 7.99. The highest BCUT2D eigenvalue weighted by Gasteiger charge is 2.07. The molecular formula is C11H7BrN2O. The van der Waals surface area contributed by atoms with Crippen LogP contribution in [-0.2, 0) is 0 Å². The fraction of sp³-hybridized carbons (Fsp3) is 0.0909. The standard InChI is InChI=1S/C11H7BrN2O/c1-15-11-3-8(12)2-9-7(4-13)5-14-6-10(9)11/h2-3,5-6H,1H3. The van der Waals surface area contributed by atoms with Crippen LogP contribution in [-0.4, -0.2) is 12.1 Å². The molecule has 15 heavy (non-hydrogen) atoms. The minimum absolute atomic E-state index is 0.548. The van der Waals surface area contributed by atoms with E-state index in [1.54, 1.807) is 19.5 Å². The molecule has 2 aromatic rings. The molecule has 0 spiro atoms. The van der Waals surface area contributed by atoms with Crippen LogP contribution in [0.25, 0.3) is 10.8 Å². The predicted molar refractivity (Wildman–Crippen MR) is 60.7 cm³/mol. The minimum atomic E-state index is 0.548. The first kappa shape index (κ1) is 9.94. The molecule has 4 heteroatoms. The molecule has 0 saturated carbocycles. The normalized spacial score (nSPS) is 9.93. The highest BCUT2D eigenvalue weighted by molar-refractivity contribution is 9.10. The summed E-state index contributed by atoms with van der Waals surface area (Å²) >= 11 is 3.38. The number of pyridine rings is 1. The molecule has 0 aliphatic carbocycles. The van der Waals surface area contributed by atoms with E-state index in [4.69, 9.17) is 10.00 Å². The molecule has 0 unspecified atom stereocenters. The molecule has 1 aromatic carbocycles. The minimum Gasteiger partial charge on any atom is -0.496 e. The number of nitrogens with zero attached hydrogens (tertiary/aromatic N) is 2. The number of aromatic nitrogens is 1. The van der Waals surface area contributed by atoms with Crippen LogP contribution in [0.3, 0.4) is 0 Å². The Morgan fingerprint density at radius 2 is 2.13 bits per heavy atom. The van der Waals surface area contributed by atoms with Gasteiger partial charge in [-0.2, -0.15) is 5.26 Å². The molecule has 1 heterocycles. The Labute approximate surface area is 95.4 Å². The number of benzene rings is 1. The molecule has 0 aliphatic rings. The third kappa shape index (κ3) is 1.66. The zero-order valence-corrected chi connectivity index (χ0v) is 9.58. The molecule has 0 bridgehead atoms. The Kier molecular flexibility index (Phi) is 2.57. The number of hydrogen-bond acceptors (Lipinski definition) is 3. The summed E-state index contributed by atoms with van der Waals surface area (Å²) in [6.45, 7) is 0. The second-order valence-electron chi connectivity index (χ2n) is 3.00. The molecule has 0 amide bonds. The second kappa shape index (κ2) is 3.87. The van der Waals surface area contributed by atoms with Gasteiger partial charge in [0.1, 0.15) is 11.8 Å². The van der Waals surface area contributed by atoms with E-state index >= 15 is 0 Å². The number of fused-ring (bicyclic) bond motifs is 1. The van der Waals surface area contributed by atoms with Gasteiger partial charge in [-0.25, -0.2) is 0 Å².